The van der Waals surface area contributed by atoms with Crippen molar-refractivity contribution in [1.82, 2.24) is 19.8 Å². The molecule has 2 N–H and O–H groups in total. The number of carbonyl (C=O) groups is 1. The number of nitrogens with one attached hydrogen (secondary N) is 2. The van der Waals surface area contributed by atoms with E-state index in [9.17, 15) is 4.79 Å². The largest absolute Gasteiger partial charge is 0.383 e. The molecule has 0 aliphatic heterocycles. The molecule has 2 aromatic heterocycles. The Morgan fingerprint density at radius 3 is 2.75 bits per heavy atom. The number of allylic oxidation sites excluding steroid dienone is 3. The lowest BCUT2D eigenvalue weighted by Crippen LogP contribution is -2.24. The molecule has 7 heteroatoms. The third kappa shape index (κ3) is 4.48. The molecule has 0 bridgehead atoms. The Kier molecular flexibility index (Phi) is 6.26. The Balaban J connectivity index is 2.02. The minimum absolute atomic E-state index is 0.0155. The summed E-state index contributed by atoms with van der Waals surface area (Å²) in [6.07, 6.45) is 6.36. The molecule has 3 rings (SSSR count). The molecular formula is C21H28N6O. The standard InChI is InChI=1S/C21H28N6O/c1-5-9-22-16-14-19(28)15(2)13-17(16)24-20-18-8-6-7-11-27(18)25-21(20)23-10-12-26(3)4/h6-8,11,13-14,22H,5,9-10,12H2,1-4H3,(H,23,25)/b24-17+. The van der Waals surface area contributed by atoms with Gasteiger partial charge in [0.15, 0.2) is 11.6 Å². The lowest BCUT2D eigenvalue weighted by Gasteiger charge is -2.15. The average Bonchev–Trinajstić information content (AvgIpc) is 3.00. The van der Waals surface area contributed by atoms with Gasteiger partial charge in [-0.05, 0) is 51.2 Å². The monoisotopic (exact) mass is 380 g/mol. The van der Waals surface area contributed by atoms with Crippen LogP contribution in [0.2, 0.25) is 0 Å². The van der Waals surface area contributed by atoms with Gasteiger partial charge in [-0.1, -0.05) is 13.0 Å². The fraction of sp³-hybridized carbons (Fsp3) is 0.381. The van der Waals surface area contributed by atoms with Crippen molar-refractivity contribution in [2.45, 2.75) is 20.3 Å². The topological polar surface area (TPSA) is 74.0 Å². The van der Waals surface area contributed by atoms with E-state index in [1.807, 2.05) is 56.0 Å². The number of ketones is 1. The Hall–Kier alpha value is -2.93. The van der Waals surface area contributed by atoms with Crippen LogP contribution in [0.25, 0.3) is 5.52 Å². The van der Waals surface area contributed by atoms with Gasteiger partial charge in [0.2, 0.25) is 0 Å². The summed E-state index contributed by atoms with van der Waals surface area (Å²) < 4.78 is 1.82. The van der Waals surface area contributed by atoms with Gasteiger partial charge in [-0.15, -0.1) is 5.10 Å². The van der Waals surface area contributed by atoms with Crippen LogP contribution >= 0.6 is 0 Å². The number of carbonyl (C=O) groups excluding carboxylic acids is 1. The van der Waals surface area contributed by atoms with E-state index >= 15 is 0 Å². The fourth-order valence-electron chi connectivity index (χ4n) is 2.90. The Morgan fingerprint density at radius 2 is 2.00 bits per heavy atom. The number of pyridine rings is 1. The predicted molar refractivity (Wildman–Crippen MR) is 114 cm³/mol. The zero-order valence-corrected chi connectivity index (χ0v) is 17.0. The van der Waals surface area contributed by atoms with Crippen LogP contribution < -0.4 is 10.6 Å². The van der Waals surface area contributed by atoms with Crippen molar-refractivity contribution < 1.29 is 4.79 Å². The van der Waals surface area contributed by atoms with Crippen LogP contribution in [0.15, 0.2) is 52.8 Å². The Morgan fingerprint density at radius 1 is 1.18 bits per heavy atom. The number of aliphatic imine (C=N–C) groups is 1. The Bertz CT molecular complexity index is 951. The first-order chi connectivity index (χ1) is 13.5. The van der Waals surface area contributed by atoms with E-state index in [4.69, 9.17) is 4.99 Å². The maximum absolute atomic E-state index is 12.1. The molecule has 0 spiro atoms. The third-order valence-electron chi connectivity index (χ3n) is 4.46. The highest BCUT2D eigenvalue weighted by molar-refractivity contribution is 6.22. The number of nitrogens with zero attached hydrogens (tertiary/aromatic N) is 4. The fourth-order valence-corrected chi connectivity index (χ4v) is 2.90. The number of likely N-dealkylation sites (N-methyl/N-ethyl adjacent to an activating group) is 1. The minimum atomic E-state index is 0.0155. The van der Waals surface area contributed by atoms with Gasteiger partial charge in [0.25, 0.3) is 0 Å². The zero-order valence-electron chi connectivity index (χ0n) is 17.0. The molecular weight excluding hydrogens is 352 g/mol. The van der Waals surface area contributed by atoms with E-state index in [1.54, 1.807) is 6.08 Å². The minimum Gasteiger partial charge on any atom is -0.383 e. The maximum atomic E-state index is 12.1. The van der Waals surface area contributed by atoms with Crippen molar-refractivity contribution in [3.05, 3.63) is 47.8 Å². The first kappa shape index (κ1) is 19.8. The van der Waals surface area contributed by atoms with Crippen molar-refractivity contribution in [3.63, 3.8) is 0 Å². The maximum Gasteiger partial charge on any atom is 0.183 e. The normalized spacial score (nSPS) is 15.9. The molecule has 148 valence electrons. The number of anilines is 1. The van der Waals surface area contributed by atoms with E-state index in [0.717, 1.165) is 54.5 Å². The highest BCUT2D eigenvalue weighted by Gasteiger charge is 2.18. The smallest absolute Gasteiger partial charge is 0.183 e. The number of aromatic nitrogens is 2. The highest BCUT2D eigenvalue weighted by atomic mass is 16.1. The molecule has 0 aromatic carbocycles. The average molecular weight is 380 g/mol. The van der Waals surface area contributed by atoms with Crippen molar-refractivity contribution >= 4 is 28.5 Å². The molecule has 2 aromatic rings. The summed E-state index contributed by atoms with van der Waals surface area (Å²) in [6, 6.07) is 5.91. The molecule has 1 aliphatic rings. The van der Waals surface area contributed by atoms with Crippen molar-refractivity contribution in [1.29, 1.82) is 0 Å². The van der Waals surface area contributed by atoms with Crippen LogP contribution in [-0.4, -0.2) is 59.7 Å². The molecule has 0 fully saturated rings. The van der Waals surface area contributed by atoms with Crippen molar-refractivity contribution in [2.24, 2.45) is 4.99 Å². The SMILES string of the molecule is CCCNC1=CC(=O)C(C)=C/C1=N\c1c(NCCN(C)C)nn2ccccc12. The second-order valence-corrected chi connectivity index (χ2v) is 7.13. The van der Waals surface area contributed by atoms with Gasteiger partial charge < -0.3 is 15.5 Å². The van der Waals surface area contributed by atoms with Crippen LogP contribution in [0, 0.1) is 0 Å². The summed E-state index contributed by atoms with van der Waals surface area (Å²) in [5.74, 6) is 0.750. The van der Waals surface area contributed by atoms with Gasteiger partial charge in [0, 0.05) is 31.9 Å². The van der Waals surface area contributed by atoms with Crippen LogP contribution in [-0.2, 0) is 4.79 Å². The molecule has 0 unspecified atom stereocenters. The lowest BCUT2D eigenvalue weighted by atomic mass is 10.0. The van der Waals surface area contributed by atoms with Gasteiger partial charge in [-0.2, -0.15) is 0 Å². The molecule has 0 radical (unpaired) electrons. The third-order valence-corrected chi connectivity index (χ3v) is 4.46. The molecule has 0 saturated heterocycles. The molecule has 0 saturated carbocycles. The molecule has 1 aliphatic carbocycles. The first-order valence-electron chi connectivity index (χ1n) is 9.62. The second kappa shape index (κ2) is 8.84. The van der Waals surface area contributed by atoms with Gasteiger partial charge >= 0.3 is 0 Å². The molecule has 28 heavy (non-hydrogen) atoms. The van der Waals surface area contributed by atoms with Crippen molar-refractivity contribution in [3.8, 4) is 0 Å². The van der Waals surface area contributed by atoms with Gasteiger partial charge in [0.05, 0.1) is 16.9 Å². The Labute approximate surface area is 165 Å². The van der Waals surface area contributed by atoms with Crippen LogP contribution in [0.3, 0.4) is 0 Å². The summed E-state index contributed by atoms with van der Waals surface area (Å²) in [6.45, 7) is 6.35. The zero-order chi connectivity index (χ0) is 20.1. The molecule has 0 atom stereocenters. The lowest BCUT2D eigenvalue weighted by molar-refractivity contribution is -0.111. The quantitative estimate of drug-likeness (QED) is 0.689. The van der Waals surface area contributed by atoms with Gasteiger partial charge in [-0.25, -0.2) is 9.51 Å². The number of rotatable bonds is 8. The van der Waals surface area contributed by atoms with Crippen molar-refractivity contribution in [2.75, 3.05) is 39.0 Å². The van der Waals surface area contributed by atoms with Crippen LogP contribution in [0.5, 0.6) is 0 Å². The second-order valence-electron chi connectivity index (χ2n) is 7.13. The summed E-state index contributed by atoms with van der Waals surface area (Å²) in [5.41, 5.74) is 3.88. The van der Waals surface area contributed by atoms with Gasteiger partial charge in [0.1, 0.15) is 5.69 Å². The summed E-state index contributed by atoms with van der Waals surface area (Å²) in [4.78, 5) is 19.2. The van der Waals surface area contributed by atoms with Crippen LogP contribution in [0.4, 0.5) is 11.5 Å². The summed E-state index contributed by atoms with van der Waals surface area (Å²) in [5, 5.41) is 11.4. The highest BCUT2D eigenvalue weighted by Crippen LogP contribution is 2.31. The van der Waals surface area contributed by atoms with E-state index in [-0.39, 0.29) is 5.78 Å². The van der Waals surface area contributed by atoms with Crippen LogP contribution in [0.1, 0.15) is 20.3 Å². The first-order valence-corrected chi connectivity index (χ1v) is 9.62. The number of fused-ring (bicyclic) bond motifs is 1. The number of hydrogen-bond acceptors (Lipinski definition) is 6. The summed E-state index contributed by atoms with van der Waals surface area (Å²) in [7, 11) is 4.07. The van der Waals surface area contributed by atoms with Gasteiger partial charge in [-0.3, -0.25) is 4.79 Å². The van der Waals surface area contributed by atoms with E-state index in [2.05, 4.69) is 27.6 Å². The summed E-state index contributed by atoms with van der Waals surface area (Å²) >= 11 is 0. The van der Waals surface area contributed by atoms with E-state index in [1.165, 1.54) is 0 Å². The van der Waals surface area contributed by atoms with E-state index in [0.29, 0.717) is 5.57 Å². The molecule has 2 heterocycles. The molecule has 0 amide bonds. The van der Waals surface area contributed by atoms with E-state index < -0.39 is 0 Å². The predicted octanol–water partition coefficient (Wildman–Crippen LogP) is 2.79. The molecule has 7 nitrogen and oxygen atoms in total. The number of hydrogen-bond donors (Lipinski definition) is 2.